The number of anilines is 1. The Labute approximate surface area is 143 Å². The molecule has 1 aromatic carbocycles. The van der Waals surface area contributed by atoms with E-state index in [4.69, 9.17) is 0 Å². The molecular weight excluding hydrogens is 349 g/mol. The van der Waals surface area contributed by atoms with Crippen molar-refractivity contribution in [2.24, 2.45) is 5.10 Å². The molecule has 1 amide bonds. The number of nitrogens with one attached hydrogen (secondary N) is 1. The minimum absolute atomic E-state index is 0.0248. The van der Waals surface area contributed by atoms with Gasteiger partial charge in [-0.1, -0.05) is 0 Å². The van der Waals surface area contributed by atoms with Crippen molar-refractivity contribution in [3.63, 3.8) is 0 Å². The smallest absolute Gasteiger partial charge is 0.427 e. The summed E-state index contributed by atoms with van der Waals surface area (Å²) in [6.07, 6.45) is 1.43. The normalized spacial score (nSPS) is 13.8. The summed E-state index contributed by atoms with van der Waals surface area (Å²) in [5.74, 6) is -0.248. The van der Waals surface area contributed by atoms with Crippen LogP contribution in [-0.2, 0) is 14.8 Å². The molecule has 10 heteroatoms. The van der Waals surface area contributed by atoms with E-state index in [0.29, 0.717) is 15.5 Å². The molecule has 0 aliphatic carbocycles. The Morgan fingerprint density at radius 3 is 2.62 bits per heavy atom. The van der Waals surface area contributed by atoms with E-state index in [1.807, 2.05) is 6.92 Å². The lowest BCUT2D eigenvalue weighted by molar-refractivity contribution is -0.114. The number of hydrazone groups is 1. The fourth-order valence-electron chi connectivity index (χ4n) is 2.36. The van der Waals surface area contributed by atoms with Crippen LogP contribution in [0.1, 0.15) is 16.7 Å². The zero-order chi connectivity index (χ0) is 17.5. The minimum Gasteiger partial charge on any atom is -0.427 e. The quantitative estimate of drug-likeness (QED) is 0.786. The fourth-order valence-corrected chi connectivity index (χ4v) is 4.52. The van der Waals surface area contributed by atoms with Gasteiger partial charge in [-0.3, -0.25) is 4.79 Å². The first-order valence-corrected chi connectivity index (χ1v) is 9.29. The number of sulfonamides is 1. The van der Waals surface area contributed by atoms with Crippen LogP contribution in [0.3, 0.4) is 0 Å². The molecule has 0 fully saturated rings. The lowest BCUT2D eigenvalue weighted by Crippen LogP contribution is -2.51. The van der Waals surface area contributed by atoms with Crippen molar-refractivity contribution in [2.75, 3.05) is 5.32 Å². The number of carbonyl (C=O) groups is 1. The van der Waals surface area contributed by atoms with Crippen molar-refractivity contribution < 1.29 is 18.2 Å². The number of amides is 1. The first-order chi connectivity index (χ1) is 11.3. The maximum atomic E-state index is 12.7. The number of benzene rings is 1. The molecule has 7 nitrogen and oxygen atoms in total. The number of fused-ring (bicyclic) bond motifs is 1. The first kappa shape index (κ1) is 16.7. The van der Waals surface area contributed by atoms with Crippen molar-refractivity contribution in [2.45, 2.75) is 18.7 Å². The largest absolute Gasteiger partial charge is 0.485 e. The number of aryl methyl sites for hydroxylation is 1. The van der Waals surface area contributed by atoms with Gasteiger partial charge in [-0.05, 0) is 42.7 Å². The Morgan fingerprint density at radius 1 is 1.33 bits per heavy atom. The maximum absolute atomic E-state index is 12.7. The van der Waals surface area contributed by atoms with Crippen LogP contribution >= 0.6 is 11.3 Å². The van der Waals surface area contributed by atoms with Crippen LogP contribution in [0.2, 0.25) is 0 Å². The molecule has 0 saturated carbocycles. The lowest BCUT2D eigenvalue weighted by atomic mass is 9.74. The zero-order valence-corrected chi connectivity index (χ0v) is 14.6. The second-order valence-electron chi connectivity index (χ2n) is 5.28. The molecule has 0 bridgehead atoms. The van der Waals surface area contributed by atoms with Gasteiger partial charge in [-0.25, -0.2) is 8.42 Å². The Bertz CT molecular complexity index is 922. The van der Waals surface area contributed by atoms with Crippen LogP contribution in [0.25, 0.3) is 0 Å². The van der Waals surface area contributed by atoms with E-state index < -0.39 is 17.1 Å². The monoisotopic (exact) mass is 363 g/mol. The number of nitrogens with zero attached hydrogens (tertiary/aromatic N) is 2. The van der Waals surface area contributed by atoms with Crippen molar-refractivity contribution in [1.29, 1.82) is 0 Å². The SMILES string of the molecule is CC(=O)Nc1ccc(S(=O)(=O)N2N=Cc3sc(C)cc3B2O)cc1. The van der Waals surface area contributed by atoms with Crippen LogP contribution in [0.15, 0.2) is 40.3 Å². The number of thiophene rings is 1. The molecule has 0 atom stereocenters. The van der Waals surface area contributed by atoms with E-state index in [9.17, 15) is 18.2 Å². The zero-order valence-electron chi connectivity index (χ0n) is 12.9. The van der Waals surface area contributed by atoms with E-state index in [0.717, 1.165) is 9.75 Å². The van der Waals surface area contributed by atoms with Gasteiger partial charge in [0.2, 0.25) is 5.91 Å². The van der Waals surface area contributed by atoms with E-state index in [-0.39, 0.29) is 10.8 Å². The van der Waals surface area contributed by atoms with Crippen LogP contribution in [0.4, 0.5) is 5.69 Å². The molecule has 2 heterocycles. The predicted octanol–water partition coefficient (Wildman–Crippen LogP) is 0.741. The average Bonchev–Trinajstić information content (AvgIpc) is 2.89. The highest BCUT2D eigenvalue weighted by Crippen LogP contribution is 2.23. The van der Waals surface area contributed by atoms with Gasteiger partial charge in [0.25, 0.3) is 10.0 Å². The second-order valence-corrected chi connectivity index (χ2v) is 8.36. The second kappa shape index (κ2) is 6.04. The molecule has 0 saturated heterocycles. The molecule has 0 spiro atoms. The lowest BCUT2D eigenvalue weighted by Gasteiger charge is -2.24. The Hall–Kier alpha value is -2.17. The first-order valence-electron chi connectivity index (χ1n) is 7.03. The van der Waals surface area contributed by atoms with Crippen LogP contribution in [-0.4, -0.2) is 36.9 Å². The van der Waals surface area contributed by atoms with Gasteiger partial charge in [-0.15, -0.1) is 11.3 Å². The summed E-state index contributed by atoms with van der Waals surface area (Å²) in [7, 11) is -5.38. The summed E-state index contributed by atoms with van der Waals surface area (Å²) in [5, 5.41) is 16.8. The van der Waals surface area contributed by atoms with Gasteiger partial charge < -0.3 is 10.3 Å². The van der Waals surface area contributed by atoms with Gasteiger partial charge in [-0.2, -0.15) is 9.43 Å². The highest BCUT2D eigenvalue weighted by molar-refractivity contribution is 7.90. The van der Waals surface area contributed by atoms with Gasteiger partial charge in [0, 0.05) is 22.4 Å². The summed E-state index contributed by atoms with van der Waals surface area (Å²) in [4.78, 5) is 12.7. The topological polar surface area (TPSA) is 99.1 Å². The van der Waals surface area contributed by atoms with Crippen molar-refractivity contribution >= 4 is 51.7 Å². The van der Waals surface area contributed by atoms with E-state index in [1.165, 1.54) is 48.7 Å². The molecule has 2 N–H and O–H groups in total. The third-order valence-electron chi connectivity index (χ3n) is 3.41. The molecule has 2 aromatic rings. The Balaban J connectivity index is 1.92. The fraction of sp³-hybridized carbons (Fsp3) is 0.143. The molecule has 3 rings (SSSR count). The summed E-state index contributed by atoms with van der Waals surface area (Å²) >= 11 is 1.44. The van der Waals surface area contributed by atoms with E-state index in [2.05, 4.69) is 10.4 Å². The third kappa shape index (κ3) is 2.95. The van der Waals surface area contributed by atoms with Crippen LogP contribution in [0, 0.1) is 6.92 Å². The minimum atomic E-state index is -4.01. The molecular formula is C14H14BN3O4S2. The van der Waals surface area contributed by atoms with Gasteiger partial charge >= 0.3 is 7.05 Å². The van der Waals surface area contributed by atoms with Gasteiger partial charge in [0.1, 0.15) is 0 Å². The van der Waals surface area contributed by atoms with Crippen molar-refractivity contribution in [1.82, 2.24) is 4.33 Å². The molecule has 1 aliphatic heterocycles. The summed E-state index contributed by atoms with van der Waals surface area (Å²) in [6, 6.07) is 7.43. The van der Waals surface area contributed by atoms with Gasteiger partial charge in [0.05, 0.1) is 11.1 Å². The Morgan fingerprint density at radius 2 is 2.00 bits per heavy atom. The number of rotatable bonds is 3. The van der Waals surface area contributed by atoms with Gasteiger partial charge in [0.15, 0.2) is 0 Å². The Kier molecular flexibility index (Phi) is 4.20. The van der Waals surface area contributed by atoms with Crippen molar-refractivity contribution in [3.05, 3.63) is 40.1 Å². The summed E-state index contributed by atoms with van der Waals surface area (Å²) in [5.41, 5.74) is 1.01. The maximum Gasteiger partial charge on any atom is 0.485 e. The van der Waals surface area contributed by atoms with Crippen LogP contribution < -0.4 is 10.8 Å². The summed E-state index contributed by atoms with van der Waals surface area (Å²) in [6.45, 7) is 3.24. The number of hydrogen-bond acceptors (Lipinski definition) is 6. The third-order valence-corrected chi connectivity index (χ3v) is 6.06. The molecule has 1 aromatic heterocycles. The van der Waals surface area contributed by atoms with E-state index in [1.54, 1.807) is 6.07 Å². The molecule has 0 unspecified atom stereocenters. The molecule has 124 valence electrons. The standard InChI is InChI=1S/C14H14BN3O4S2/c1-9-7-13-14(23-9)8-16-18(15(13)20)24(21,22)12-5-3-11(4-6-12)17-10(2)19/h3-8,20H,1-2H3,(H,17,19). The average molecular weight is 363 g/mol. The molecule has 24 heavy (non-hydrogen) atoms. The predicted molar refractivity (Wildman–Crippen MR) is 94.0 cm³/mol. The number of carbonyl (C=O) groups excluding carboxylic acids is 1. The van der Waals surface area contributed by atoms with Crippen molar-refractivity contribution in [3.8, 4) is 0 Å². The number of hydrogen-bond donors (Lipinski definition) is 2. The highest BCUT2D eigenvalue weighted by atomic mass is 32.2. The molecule has 0 radical (unpaired) electrons. The summed E-state index contributed by atoms with van der Waals surface area (Å²) < 4.78 is 26.1. The van der Waals surface area contributed by atoms with E-state index >= 15 is 0 Å². The molecule has 1 aliphatic rings. The highest BCUT2D eigenvalue weighted by Gasteiger charge is 2.39. The van der Waals surface area contributed by atoms with Crippen LogP contribution in [0.5, 0.6) is 0 Å².